The second kappa shape index (κ2) is 6.88. The van der Waals surface area contributed by atoms with Gasteiger partial charge < -0.3 is 14.8 Å². The molecular weight excluding hydrogens is 394 g/mol. The molecule has 3 atom stereocenters. The van der Waals surface area contributed by atoms with E-state index in [1.807, 2.05) is 0 Å². The molecule has 4 nitrogen and oxygen atoms in total. The van der Waals surface area contributed by atoms with Crippen LogP contribution in [0.4, 0.5) is 8.78 Å². The lowest BCUT2D eigenvalue weighted by Gasteiger charge is -2.30. The Morgan fingerprint density at radius 1 is 1.48 bits per heavy atom. The first kappa shape index (κ1) is 18.1. The smallest absolute Gasteiger partial charge is 0.151 e. The predicted octanol–water partition coefficient (Wildman–Crippen LogP) is 4.80. The van der Waals surface area contributed by atoms with Crippen LogP contribution >= 0.6 is 15.9 Å². The van der Waals surface area contributed by atoms with Crippen LogP contribution in [0.3, 0.4) is 0 Å². The van der Waals surface area contributed by atoms with Gasteiger partial charge in [-0.15, -0.1) is 0 Å². The van der Waals surface area contributed by atoms with Crippen molar-refractivity contribution in [3.05, 3.63) is 51.2 Å². The first-order valence-electron chi connectivity index (χ1n) is 7.99. The maximum atomic E-state index is 14.9. The first-order chi connectivity index (χ1) is 11.9. The predicted molar refractivity (Wildman–Crippen MR) is 95.4 cm³/mol. The van der Waals surface area contributed by atoms with Gasteiger partial charge in [-0.05, 0) is 47.0 Å². The van der Waals surface area contributed by atoms with Crippen molar-refractivity contribution in [3.63, 3.8) is 0 Å². The second-order valence-electron chi connectivity index (χ2n) is 6.07. The molecule has 0 spiro atoms. The molecule has 3 rings (SSSR count). The van der Waals surface area contributed by atoms with Crippen LogP contribution in [0, 0.1) is 12.8 Å². The van der Waals surface area contributed by atoms with E-state index in [-0.39, 0.29) is 5.76 Å². The zero-order valence-electron chi connectivity index (χ0n) is 14.1. The fraction of sp³-hybridized carbons (Fsp3) is 0.389. The average Bonchev–Trinajstić information content (AvgIpc) is 2.90. The van der Waals surface area contributed by atoms with Crippen molar-refractivity contribution in [1.82, 2.24) is 9.97 Å². The lowest BCUT2D eigenvalue weighted by Crippen LogP contribution is -2.29. The molecule has 1 aliphatic carbocycles. The summed E-state index contributed by atoms with van der Waals surface area (Å²) in [5.41, 5.74) is 2.03. The van der Waals surface area contributed by atoms with Crippen LogP contribution in [0.25, 0.3) is 11.0 Å². The molecule has 0 radical (unpaired) electrons. The number of aromatic amines is 1. The summed E-state index contributed by atoms with van der Waals surface area (Å²) in [6, 6.07) is 1.77. The van der Waals surface area contributed by atoms with E-state index in [4.69, 9.17) is 4.74 Å². The minimum absolute atomic E-state index is 0.0356. The number of rotatable bonds is 4. The van der Waals surface area contributed by atoms with Crippen molar-refractivity contribution < 1.29 is 18.6 Å². The number of methoxy groups -OCH3 is 1. The van der Waals surface area contributed by atoms with Crippen LogP contribution < -0.4 is 0 Å². The summed E-state index contributed by atoms with van der Waals surface area (Å²) in [4.78, 5) is 7.30. The molecule has 0 amide bonds. The molecule has 3 unspecified atom stereocenters. The molecule has 2 aromatic heterocycles. The normalized spacial score (nSPS) is 22.3. The van der Waals surface area contributed by atoms with Gasteiger partial charge in [0.15, 0.2) is 11.6 Å². The van der Waals surface area contributed by atoms with Crippen molar-refractivity contribution in [3.8, 4) is 0 Å². The first-order valence-corrected chi connectivity index (χ1v) is 8.78. The van der Waals surface area contributed by atoms with E-state index >= 15 is 0 Å². The molecule has 25 heavy (non-hydrogen) atoms. The van der Waals surface area contributed by atoms with Gasteiger partial charge >= 0.3 is 0 Å². The molecule has 2 aromatic rings. The van der Waals surface area contributed by atoms with Crippen molar-refractivity contribution >= 4 is 27.0 Å². The van der Waals surface area contributed by atoms with Gasteiger partial charge in [0.2, 0.25) is 0 Å². The van der Waals surface area contributed by atoms with Crippen LogP contribution in [-0.4, -0.2) is 28.4 Å². The Morgan fingerprint density at radius 2 is 2.20 bits per heavy atom. The fourth-order valence-corrected chi connectivity index (χ4v) is 3.68. The highest BCUT2D eigenvalue weighted by Gasteiger charge is 2.41. The highest BCUT2D eigenvalue weighted by molar-refractivity contribution is 9.10. The number of nitrogens with zero attached hydrogens (tertiary/aromatic N) is 1. The Morgan fingerprint density at radius 3 is 2.84 bits per heavy atom. The molecular formula is C18H19BrF2N2O2. The standard InChI is InChI=1S/C18H19BrF2N2O2/c1-4-9-5-12(25-3)16(21)14(15(9)20)17(24)13-8(2)23-18-11(13)6-10(19)7-22-18/h5-7,14-15,17,24H,4H2,1-3H3,(H,22,23). The molecule has 0 fully saturated rings. The third-order valence-electron chi connectivity index (χ3n) is 4.63. The molecule has 7 heteroatoms. The SMILES string of the molecule is CCC1=CC(OC)=C(F)C(C(O)c2c(C)[nH]c3ncc(Br)cc23)C1F. The molecule has 1 aliphatic rings. The van der Waals surface area contributed by atoms with Crippen LogP contribution in [0.15, 0.2) is 40.0 Å². The van der Waals surface area contributed by atoms with Gasteiger partial charge in [-0.1, -0.05) is 6.92 Å². The third-order valence-corrected chi connectivity index (χ3v) is 5.07. The average molecular weight is 413 g/mol. The zero-order valence-corrected chi connectivity index (χ0v) is 15.7. The largest absolute Gasteiger partial charge is 0.494 e. The van der Waals surface area contributed by atoms with Crippen LogP contribution in [0.2, 0.25) is 0 Å². The number of aryl methyl sites for hydroxylation is 1. The number of H-pyrrole nitrogens is 1. The van der Waals surface area contributed by atoms with Crippen molar-refractivity contribution in [2.75, 3.05) is 7.11 Å². The van der Waals surface area contributed by atoms with E-state index in [1.54, 1.807) is 26.1 Å². The molecule has 0 bridgehead atoms. The summed E-state index contributed by atoms with van der Waals surface area (Å²) in [6.07, 6.45) is 0.408. The molecule has 0 aromatic carbocycles. The van der Waals surface area contributed by atoms with Gasteiger partial charge in [-0.2, -0.15) is 0 Å². The van der Waals surface area contributed by atoms with Gasteiger partial charge in [0.1, 0.15) is 11.8 Å². The molecule has 2 heterocycles. The maximum absolute atomic E-state index is 14.9. The highest BCUT2D eigenvalue weighted by atomic mass is 79.9. The van der Waals surface area contributed by atoms with Gasteiger partial charge in [0, 0.05) is 27.3 Å². The number of pyridine rings is 1. The summed E-state index contributed by atoms with van der Waals surface area (Å²) < 4.78 is 35.5. The van der Waals surface area contributed by atoms with E-state index in [9.17, 15) is 13.9 Å². The molecule has 0 saturated heterocycles. The zero-order chi connectivity index (χ0) is 18.3. The third kappa shape index (κ3) is 3.00. The molecule has 134 valence electrons. The van der Waals surface area contributed by atoms with E-state index < -0.39 is 24.0 Å². The summed E-state index contributed by atoms with van der Waals surface area (Å²) in [6.45, 7) is 3.54. The Hall–Kier alpha value is -1.73. The number of aliphatic hydroxyl groups excluding tert-OH is 1. The summed E-state index contributed by atoms with van der Waals surface area (Å²) in [5.74, 6) is -2.17. The number of aromatic nitrogens is 2. The highest BCUT2D eigenvalue weighted by Crippen LogP contribution is 2.44. The van der Waals surface area contributed by atoms with E-state index in [2.05, 4.69) is 25.9 Å². The number of halogens is 3. The van der Waals surface area contributed by atoms with E-state index in [0.29, 0.717) is 34.3 Å². The molecule has 0 aliphatic heterocycles. The minimum atomic E-state index is -1.62. The summed E-state index contributed by atoms with van der Waals surface area (Å²) in [7, 11) is 1.33. The fourth-order valence-electron chi connectivity index (χ4n) is 3.34. The minimum Gasteiger partial charge on any atom is -0.494 e. The topological polar surface area (TPSA) is 58.1 Å². The van der Waals surface area contributed by atoms with E-state index in [0.717, 1.165) is 4.47 Å². The Kier molecular flexibility index (Phi) is 4.97. The van der Waals surface area contributed by atoms with Gasteiger partial charge in [0.25, 0.3) is 0 Å². The Bertz CT molecular complexity index is 875. The lowest BCUT2D eigenvalue weighted by atomic mass is 9.82. The van der Waals surface area contributed by atoms with Crippen molar-refractivity contribution in [2.45, 2.75) is 32.5 Å². The monoisotopic (exact) mass is 412 g/mol. The van der Waals surface area contributed by atoms with Crippen LogP contribution in [0.1, 0.15) is 30.7 Å². The molecule has 0 saturated carbocycles. The number of fused-ring (bicyclic) bond motifs is 1. The quantitative estimate of drug-likeness (QED) is 0.757. The number of allylic oxidation sites excluding steroid dienone is 2. The Balaban J connectivity index is 2.13. The lowest BCUT2D eigenvalue weighted by molar-refractivity contribution is 0.0653. The number of alkyl halides is 1. The van der Waals surface area contributed by atoms with Gasteiger partial charge in [0.05, 0.1) is 19.1 Å². The Labute approximate surface area is 152 Å². The van der Waals surface area contributed by atoms with Gasteiger partial charge in [-0.3, -0.25) is 0 Å². The van der Waals surface area contributed by atoms with Gasteiger partial charge in [-0.25, -0.2) is 13.8 Å². The number of nitrogens with one attached hydrogen (secondary N) is 1. The van der Waals surface area contributed by atoms with E-state index in [1.165, 1.54) is 13.2 Å². The van der Waals surface area contributed by atoms with Crippen molar-refractivity contribution in [1.29, 1.82) is 0 Å². The number of ether oxygens (including phenoxy) is 1. The van der Waals surface area contributed by atoms with Crippen LogP contribution in [0.5, 0.6) is 0 Å². The summed E-state index contributed by atoms with van der Waals surface area (Å²) >= 11 is 3.34. The number of aliphatic hydroxyl groups is 1. The number of hydrogen-bond acceptors (Lipinski definition) is 3. The van der Waals surface area contributed by atoms with Crippen LogP contribution in [-0.2, 0) is 4.74 Å². The van der Waals surface area contributed by atoms with Crippen molar-refractivity contribution in [2.24, 2.45) is 5.92 Å². The molecule has 2 N–H and O–H groups in total. The number of hydrogen-bond donors (Lipinski definition) is 2. The maximum Gasteiger partial charge on any atom is 0.151 e. The summed E-state index contributed by atoms with van der Waals surface area (Å²) in [5, 5.41) is 11.5. The second-order valence-corrected chi connectivity index (χ2v) is 6.99.